The van der Waals surface area contributed by atoms with Crippen molar-refractivity contribution in [3.05, 3.63) is 45.4 Å². The maximum Gasteiger partial charge on any atom is 0.251 e. The van der Waals surface area contributed by atoms with Crippen LogP contribution in [0.4, 0.5) is 0 Å². The van der Waals surface area contributed by atoms with E-state index in [9.17, 15) is 4.79 Å². The maximum atomic E-state index is 11.7. The smallest absolute Gasteiger partial charge is 0.251 e. The minimum absolute atomic E-state index is 0.0458. The number of nitrogens with zero attached hydrogens (tertiary/aromatic N) is 4. The monoisotopic (exact) mass is 331 g/mol. The minimum atomic E-state index is -0.100. The number of aromatic nitrogens is 4. The summed E-state index contributed by atoms with van der Waals surface area (Å²) in [6, 6.07) is 3.63. The fourth-order valence-corrected chi connectivity index (χ4v) is 3.23. The quantitative estimate of drug-likeness (QED) is 0.915. The third-order valence-electron chi connectivity index (χ3n) is 4.48. The van der Waals surface area contributed by atoms with Crippen molar-refractivity contribution in [1.29, 1.82) is 0 Å². The van der Waals surface area contributed by atoms with Gasteiger partial charge in [-0.3, -0.25) is 14.4 Å². The van der Waals surface area contributed by atoms with E-state index >= 15 is 0 Å². The van der Waals surface area contributed by atoms with Crippen molar-refractivity contribution in [2.24, 2.45) is 0 Å². The SMILES string of the molecule is Cc1cc(=O)[nH]c([C@@H](C)N2CCO[C@H](Cn3nc(C)cc3C)C2)n1. The highest BCUT2D eigenvalue weighted by Crippen LogP contribution is 2.20. The van der Waals surface area contributed by atoms with Gasteiger partial charge in [-0.25, -0.2) is 4.98 Å². The van der Waals surface area contributed by atoms with E-state index in [2.05, 4.69) is 39.9 Å². The molecule has 24 heavy (non-hydrogen) atoms. The van der Waals surface area contributed by atoms with Crippen molar-refractivity contribution in [3.8, 4) is 0 Å². The van der Waals surface area contributed by atoms with Crippen LogP contribution in [-0.4, -0.2) is 50.4 Å². The third kappa shape index (κ3) is 3.73. The van der Waals surface area contributed by atoms with E-state index in [1.165, 1.54) is 6.07 Å². The molecule has 0 aliphatic carbocycles. The van der Waals surface area contributed by atoms with Gasteiger partial charge in [-0.1, -0.05) is 0 Å². The lowest BCUT2D eigenvalue weighted by molar-refractivity contribution is -0.0509. The average molecular weight is 331 g/mol. The largest absolute Gasteiger partial charge is 0.374 e. The average Bonchev–Trinajstić information content (AvgIpc) is 2.83. The van der Waals surface area contributed by atoms with Crippen LogP contribution >= 0.6 is 0 Å². The van der Waals surface area contributed by atoms with Crippen molar-refractivity contribution < 1.29 is 4.74 Å². The lowest BCUT2D eigenvalue weighted by Gasteiger charge is -2.36. The fraction of sp³-hybridized carbons (Fsp3) is 0.588. The molecule has 2 aromatic rings. The van der Waals surface area contributed by atoms with Crippen LogP contribution in [0.5, 0.6) is 0 Å². The zero-order valence-electron chi connectivity index (χ0n) is 14.7. The Labute approximate surface area is 141 Å². The number of ether oxygens (including phenoxy) is 1. The Kier molecular flexibility index (Phi) is 4.82. The van der Waals surface area contributed by atoms with Crippen molar-refractivity contribution in [3.63, 3.8) is 0 Å². The van der Waals surface area contributed by atoms with Gasteiger partial charge in [0.05, 0.1) is 31.0 Å². The Morgan fingerprint density at radius 1 is 1.33 bits per heavy atom. The molecule has 1 aliphatic heterocycles. The van der Waals surface area contributed by atoms with E-state index < -0.39 is 0 Å². The van der Waals surface area contributed by atoms with Crippen LogP contribution in [-0.2, 0) is 11.3 Å². The lowest BCUT2D eigenvalue weighted by Crippen LogP contribution is -2.46. The molecule has 1 fully saturated rings. The summed E-state index contributed by atoms with van der Waals surface area (Å²) < 4.78 is 7.92. The van der Waals surface area contributed by atoms with Gasteiger partial charge in [-0.05, 0) is 33.8 Å². The number of H-pyrrole nitrogens is 1. The first-order chi connectivity index (χ1) is 11.4. The van der Waals surface area contributed by atoms with Crippen LogP contribution in [0.25, 0.3) is 0 Å². The molecule has 0 saturated carbocycles. The summed E-state index contributed by atoms with van der Waals surface area (Å²) in [5.74, 6) is 0.715. The van der Waals surface area contributed by atoms with Gasteiger partial charge in [-0.2, -0.15) is 5.10 Å². The Bertz CT molecular complexity index is 767. The highest BCUT2D eigenvalue weighted by Gasteiger charge is 2.27. The van der Waals surface area contributed by atoms with Gasteiger partial charge >= 0.3 is 0 Å². The van der Waals surface area contributed by atoms with Gasteiger partial charge in [0, 0.05) is 30.5 Å². The van der Waals surface area contributed by atoms with Gasteiger partial charge in [-0.15, -0.1) is 0 Å². The molecule has 7 nitrogen and oxygen atoms in total. The van der Waals surface area contributed by atoms with Crippen molar-refractivity contribution >= 4 is 0 Å². The van der Waals surface area contributed by atoms with Gasteiger partial charge in [0.1, 0.15) is 5.82 Å². The summed E-state index contributed by atoms with van der Waals surface area (Å²) in [6.45, 7) is 11.0. The Balaban J connectivity index is 1.70. The maximum absolute atomic E-state index is 11.7. The molecule has 2 atom stereocenters. The zero-order valence-corrected chi connectivity index (χ0v) is 14.7. The summed E-state index contributed by atoms with van der Waals surface area (Å²) in [6.07, 6.45) is 0.0794. The Morgan fingerprint density at radius 3 is 2.79 bits per heavy atom. The van der Waals surface area contributed by atoms with Crippen LogP contribution in [0.15, 0.2) is 16.9 Å². The predicted molar refractivity (Wildman–Crippen MR) is 91.0 cm³/mol. The molecule has 1 saturated heterocycles. The van der Waals surface area contributed by atoms with E-state index in [4.69, 9.17) is 4.74 Å². The number of aryl methyl sites for hydroxylation is 3. The number of hydrogen-bond donors (Lipinski definition) is 1. The third-order valence-corrected chi connectivity index (χ3v) is 4.48. The highest BCUT2D eigenvalue weighted by atomic mass is 16.5. The van der Waals surface area contributed by atoms with Crippen molar-refractivity contribution in [1.82, 2.24) is 24.6 Å². The van der Waals surface area contributed by atoms with E-state index in [0.717, 1.165) is 36.7 Å². The molecule has 2 aromatic heterocycles. The number of aromatic amines is 1. The molecule has 0 unspecified atom stereocenters. The molecule has 0 radical (unpaired) electrons. The van der Waals surface area contributed by atoms with Gasteiger partial charge < -0.3 is 9.72 Å². The molecule has 0 bridgehead atoms. The van der Waals surface area contributed by atoms with Gasteiger partial charge in [0.15, 0.2) is 0 Å². The summed E-state index contributed by atoms with van der Waals surface area (Å²) >= 11 is 0. The second-order valence-electron chi connectivity index (χ2n) is 6.54. The molecule has 0 amide bonds. The second kappa shape index (κ2) is 6.86. The number of hydrogen-bond acceptors (Lipinski definition) is 5. The second-order valence-corrected chi connectivity index (χ2v) is 6.54. The Morgan fingerprint density at radius 2 is 2.12 bits per heavy atom. The molecule has 1 aliphatic rings. The highest BCUT2D eigenvalue weighted by molar-refractivity contribution is 5.07. The summed E-state index contributed by atoms with van der Waals surface area (Å²) in [7, 11) is 0. The first kappa shape index (κ1) is 16.9. The number of nitrogens with one attached hydrogen (secondary N) is 1. The van der Waals surface area contributed by atoms with Crippen LogP contribution in [0.3, 0.4) is 0 Å². The molecule has 130 valence electrons. The predicted octanol–water partition coefficient (Wildman–Crippen LogP) is 1.35. The van der Waals surface area contributed by atoms with Crippen LogP contribution < -0.4 is 5.56 Å². The van der Waals surface area contributed by atoms with Crippen molar-refractivity contribution in [2.45, 2.75) is 46.4 Å². The van der Waals surface area contributed by atoms with Crippen LogP contribution in [0.2, 0.25) is 0 Å². The van der Waals surface area contributed by atoms with E-state index in [1.54, 1.807) is 0 Å². The molecule has 1 N–H and O–H groups in total. The number of morpholine rings is 1. The van der Waals surface area contributed by atoms with Crippen LogP contribution in [0, 0.1) is 20.8 Å². The summed E-state index contributed by atoms with van der Waals surface area (Å²) in [4.78, 5) is 21.3. The summed E-state index contributed by atoms with van der Waals surface area (Å²) in [5.41, 5.74) is 2.81. The first-order valence-electron chi connectivity index (χ1n) is 8.37. The summed E-state index contributed by atoms with van der Waals surface area (Å²) in [5, 5.41) is 4.51. The molecule has 3 heterocycles. The Hall–Kier alpha value is -1.99. The molecule has 0 aromatic carbocycles. The first-order valence-corrected chi connectivity index (χ1v) is 8.37. The van der Waals surface area contributed by atoms with E-state index in [0.29, 0.717) is 12.4 Å². The van der Waals surface area contributed by atoms with E-state index in [-0.39, 0.29) is 17.7 Å². The normalized spacial score (nSPS) is 20.2. The fourth-order valence-electron chi connectivity index (χ4n) is 3.23. The molecular formula is C17H25N5O2. The van der Waals surface area contributed by atoms with Crippen molar-refractivity contribution in [2.75, 3.05) is 19.7 Å². The minimum Gasteiger partial charge on any atom is -0.374 e. The standard InChI is InChI=1S/C17H25N5O2/c1-11-8-16(23)19-17(18-11)14(4)21-5-6-24-15(9-21)10-22-13(3)7-12(2)20-22/h7-8,14-15H,5-6,9-10H2,1-4H3,(H,18,19,23)/t14-,15+/m1/s1. The molecule has 3 rings (SSSR count). The van der Waals surface area contributed by atoms with E-state index in [1.807, 2.05) is 18.5 Å². The molecule has 0 spiro atoms. The van der Waals surface area contributed by atoms with Gasteiger partial charge in [0.2, 0.25) is 0 Å². The molecular weight excluding hydrogens is 306 g/mol. The topological polar surface area (TPSA) is 76.0 Å². The lowest BCUT2D eigenvalue weighted by atomic mass is 10.2. The number of rotatable bonds is 4. The molecule has 7 heteroatoms. The van der Waals surface area contributed by atoms with Gasteiger partial charge in [0.25, 0.3) is 5.56 Å². The zero-order chi connectivity index (χ0) is 17.3. The van der Waals surface area contributed by atoms with Crippen LogP contribution in [0.1, 0.15) is 35.9 Å².